The molecule has 0 radical (unpaired) electrons. The van der Waals surface area contributed by atoms with Crippen LogP contribution >= 0.6 is 0 Å². The average molecular weight is 348 g/mol. The number of amides is 1. The zero-order valence-electron chi connectivity index (χ0n) is 13.6. The van der Waals surface area contributed by atoms with Crippen LogP contribution < -0.4 is 11.1 Å². The summed E-state index contributed by atoms with van der Waals surface area (Å²) in [5.74, 6) is -4.39. The number of nitrogens with two attached hydrogens (primary N) is 1. The maximum absolute atomic E-state index is 13.5. The summed E-state index contributed by atoms with van der Waals surface area (Å²) < 4.78 is 40.3. The highest BCUT2D eigenvalue weighted by Gasteiger charge is 2.26. The van der Waals surface area contributed by atoms with Gasteiger partial charge in [0.1, 0.15) is 0 Å². The average Bonchev–Trinajstić information content (AvgIpc) is 2.59. The Morgan fingerprint density at radius 1 is 1.08 bits per heavy atom. The summed E-state index contributed by atoms with van der Waals surface area (Å²) in [4.78, 5) is 12.5. The van der Waals surface area contributed by atoms with E-state index in [0.717, 1.165) is 31.4 Å². The fourth-order valence-corrected chi connectivity index (χ4v) is 3.26. The number of rotatable bonds is 3. The molecule has 6 heteroatoms. The minimum Gasteiger partial charge on any atom is -0.328 e. The number of anilines is 1. The van der Waals surface area contributed by atoms with E-state index in [2.05, 4.69) is 5.32 Å². The van der Waals surface area contributed by atoms with Gasteiger partial charge >= 0.3 is 0 Å². The SMILES string of the molecule is NC1CCCC(C(=O)Nc2ccccc2-c2cc(F)c(F)c(F)c2)C1. The van der Waals surface area contributed by atoms with Gasteiger partial charge in [0.25, 0.3) is 0 Å². The second kappa shape index (κ2) is 7.27. The van der Waals surface area contributed by atoms with Gasteiger partial charge in [-0.1, -0.05) is 24.6 Å². The molecule has 25 heavy (non-hydrogen) atoms. The predicted molar refractivity (Wildman–Crippen MR) is 90.3 cm³/mol. The van der Waals surface area contributed by atoms with Gasteiger partial charge in [-0.25, -0.2) is 13.2 Å². The van der Waals surface area contributed by atoms with Crippen LogP contribution in [-0.2, 0) is 4.79 Å². The molecule has 1 aliphatic carbocycles. The van der Waals surface area contributed by atoms with E-state index in [1.54, 1.807) is 24.3 Å². The lowest BCUT2D eigenvalue weighted by Crippen LogP contribution is -2.34. The minimum atomic E-state index is -1.51. The molecule has 3 rings (SSSR count). The molecule has 3 N–H and O–H groups in total. The first-order valence-electron chi connectivity index (χ1n) is 8.26. The third-order valence-corrected chi connectivity index (χ3v) is 4.57. The molecule has 3 nitrogen and oxygen atoms in total. The zero-order valence-corrected chi connectivity index (χ0v) is 13.6. The molecule has 0 spiro atoms. The van der Waals surface area contributed by atoms with Gasteiger partial charge in [0.05, 0.1) is 0 Å². The van der Waals surface area contributed by atoms with E-state index in [4.69, 9.17) is 5.73 Å². The molecule has 1 fully saturated rings. The monoisotopic (exact) mass is 348 g/mol. The summed E-state index contributed by atoms with van der Waals surface area (Å²) >= 11 is 0. The van der Waals surface area contributed by atoms with Crippen molar-refractivity contribution in [1.29, 1.82) is 0 Å². The van der Waals surface area contributed by atoms with E-state index in [1.807, 2.05) is 0 Å². The molecule has 2 unspecified atom stereocenters. The van der Waals surface area contributed by atoms with Gasteiger partial charge in [-0.15, -0.1) is 0 Å². The number of nitrogens with one attached hydrogen (secondary N) is 1. The van der Waals surface area contributed by atoms with Gasteiger partial charge in [0.2, 0.25) is 5.91 Å². The Kier molecular flexibility index (Phi) is 5.08. The Balaban J connectivity index is 1.88. The van der Waals surface area contributed by atoms with Crippen LogP contribution in [0.15, 0.2) is 36.4 Å². The van der Waals surface area contributed by atoms with Gasteiger partial charge in [-0.05, 0) is 43.0 Å². The molecule has 2 aromatic carbocycles. The molecular formula is C19H19F3N2O. The number of carbonyl (C=O) groups excluding carboxylic acids is 1. The lowest BCUT2D eigenvalue weighted by Gasteiger charge is -2.26. The molecule has 2 atom stereocenters. The van der Waals surface area contributed by atoms with Crippen molar-refractivity contribution in [2.75, 3.05) is 5.32 Å². The van der Waals surface area contributed by atoms with Crippen LogP contribution in [0.25, 0.3) is 11.1 Å². The number of halogens is 3. The van der Waals surface area contributed by atoms with Crippen LogP contribution in [0.5, 0.6) is 0 Å². The van der Waals surface area contributed by atoms with E-state index < -0.39 is 17.5 Å². The van der Waals surface area contributed by atoms with Crippen molar-refractivity contribution >= 4 is 11.6 Å². The maximum Gasteiger partial charge on any atom is 0.227 e. The first kappa shape index (κ1) is 17.5. The van der Waals surface area contributed by atoms with Crippen LogP contribution in [0.2, 0.25) is 0 Å². The number of para-hydroxylation sites is 1. The second-order valence-electron chi connectivity index (χ2n) is 6.41. The first-order chi connectivity index (χ1) is 12.0. The predicted octanol–water partition coefficient (Wildman–Crippen LogP) is 4.23. The van der Waals surface area contributed by atoms with Crippen molar-refractivity contribution in [2.45, 2.75) is 31.7 Å². The van der Waals surface area contributed by atoms with Crippen molar-refractivity contribution in [1.82, 2.24) is 0 Å². The van der Waals surface area contributed by atoms with Crippen LogP contribution in [0.4, 0.5) is 18.9 Å². The first-order valence-corrected chi connectivity index (χ1v) is 8.26. The Labute approximate surface area is 144 Å². The summed E-state index contributed by atoms with van der Waals surface area (Å²) in [5, 5.41) is 2.82. The highest BCUT2D eigenvalue weighted by atomic mass is 19.2. The van der Waals surface area contributed by atoms with Crippen LogP contribution in [0.3, 0.4) is 0 Å². The number of benzene rings is 2. The van der Waals surface area contributed by atoms with Gasteiger partial charge in [-0.2, -0.15) is 0 Å². The van der Waals surface area contributed by atoms with Gasteiger partial charge in [0, 0.05) is 23.2 Å². The highest BCUT2D eigenvalue weighted by molar-refractivity contribution is 5.96. The van der Waals surface area contributed by atoms with Crippen LogP contribution in [0.1, 0.15) is 25.7 Å². The van der Waals surface area contributed by atoms with Crippen molar-refractivity contribution in [3.05, 3.63) is 53.8 Å². The van der Waals surface area contributed by atoms with Crippen molar-refractivity contribution in [3.8, 4) is 11.1 Å². The van der Waals surface area contributed by atoms with Crippen LogP contribution in [-0.4, -0.2) is 11.9 Å². The Hall–Kier alpha value is -2.34. The molecule has 0 aromatic heterocycles. The fourth-order valence-electron chi connectivity index (χ4n) is 3.26. The van der Waals surface area contributed by atoms with Gasteiger partial charge in [0.15, 0.2) is 17.5 Å². The second-order valence-corrected chi connectivity index (χ2v) is 6.41. The van der Waals surface area contributed by atoms with Crippen molar-refractivity contribution in [2.24, 2.45) is 11.7 Å². The Morgan fingerprint density at radius 3 is 2.44 bits per heavy atom. The molecule has 1 aliphatic rings. The minimum absolute atomic E-state index is 0.0139. The molecular weight excluding hydrogens is 329 g/mol. The summed E-state index contributed by atoms with van der Waals surface area (Å²) in [7, 11) is 0. The lowest BCUT2D eigenvalue weighted by molar-refractivity contribution is -0.120. The standard InChI is InChI=1S/C19H19F3N2O/c20-15-9-12(10-16(21)18(15)22)14-6-1-2-7-17(14)24-19(25)11-4-3-5-13(23)8-11/h1-2,6-7,9-11,13H,3-5,8,23H2,(H,24,25). The normalized spacial score (nSPS) is 20.3. The highest BCUT2D eigenvalue weighted by Crippen LogP contribution is 2.31. The van der Waals surface area contributed by atoms with Crippen molar-refractivity contribution < 1.29 is 18.0 Å². The summed E-state index contributed by atoms with van der Waals surface area (Å²) in [5.41, 5.74) is 6.94. The summed E-state index contributed by atoms with van der Waals surface area (Å²) in [6.45, 7) is 0. The molecule has 1 amide bonds. The van der Waals surface area contributed by atoms with E-state index in [1.165, 1.54) is 0 Å². The fraction of sp³-hybridized carbons (Fsp3) is 0.316. The lowest BCUT2D eigenvalue weighted by atomic mass is 9.85. The molecule has 0 aliphatic heterocycles. The number of hydrogen-bond donors (Lipinski definition) is 2. The summed E-state index contributed by atoms with van der Waals surface area (Å²) in [6, 6.07) is 8.51. The quantitative estimate of drug-likeness (QED) is 0.816. The molecule has 2 aromatic rings. The Morgan fingerprint density at radius 2 is 1.76 bits per heavy atom. The maximum atomic E-state index is 13.5. The molecule has 0 heterocycles. The third kappa shape index (κ3) is 3.85. The van der Waals surface area contributed by atoms with Crippen molar-refractivity contribution in [3.63, 3.8) is 0 Å². The largest absolute Gasteiger partial charge is 0.328 e. The van der Waals surface area contributed by atoms with E-state index in [9.17, 15) is 18.0 Å². The smallest absolute Gasteiger partial charge is 0.227 e. The molecule has 1 saturated carbocycles. The third-order valence-electron chi connectivity index (χ3n) is 4.57. The number of hydrogen-bond acceptors (Lipinski definition) is 2. The van der Waals surface area contributed by atoms with E-state index >= 15 is 0 Å². The van der Waals surface area contributed by atoms with E-state index in [0.29, 0.717) is 17.7 Å². The molecule has 0 bridgehead atoms. The topological polar surface area (TPSA) is 55.1 Å². The van der Waals surface area contributed by atoms with Crippen LogP contribution in [0, 0.1) is 23.4 Å². The van der Waals surface area contributed by atoms with Gasteiger partial charge in [-0.3, -0.25) is 4.79 Å². The number of carbonyl (C=O) groups is 1. The van der Waals surface area contributed by atoms with E-state index in [-0.39, 0.29) is 23.4 Å². The zero-order chi connectivity index (χ0) is 18.0. The summed E-state index contributed by atoms with van der Waals surface area (Å²) in [6.07, 6.45) is 3.19. The van der Waals surface area contributed by atoms with Gasteiger partial charge < -0.3 is 11.1 Å². The molecule has 132 valence electrons. The Bertz CT molecular complexity index is 771. The molecule has 0 saturated heterocycles.